The van der Waals surface area contributed by atoms with E-state index in [2.05, 4.69) is 51.3 Å². The molecule has 2 rings (SSSR count). The van der Waals surface area contributed by atoms with Crippen LogP contribution in [0.4, 0.5) is 0 Å². The zero-order valence-electron chi connectivity index (χ0n) is 18.6. The van der Waals surface area contributed by atoms with E-state index >= 15 is 0 Å². The number of ether oxygens (including phenoxy) is 2. The number of hydrogen-bond donors (Lipinski definition) is 0. The minimum atomic E-state index is 0. The van der Waals surface area contributed by atoms with E-state index in [0.29, 0.717) is 0 Å². The zero-order valence-corrected chi connectivity index (χ0v) is 18.6. The molecule has 4 heteroatoms. The first-order chi connectivity index (χ1) is 12.2. The summed E-state index contributed by atoms with van der Waals surface area (Å²) in [6, 6.07) is 0. The zero-order chi connectivity index (χ0) is 19.5. The molecule has 0 saturated carbocycles. The topological polar surface area (TPSA) is 24.9 Å². The maximum atomic E-state index is 5.69. The lowest BCUT2D eigenvalue weighted by molar-refractivity contribution is -0.0150. The van der Waals surface area contributed by atoms with Gasteiger partial charge in [-0.2, -0.15) is 0 Å². The number of hydrogen-bond acceptors (Lipinski definition) is 4. The molecule has 0 unspecified atom stereocenters. The highest BCUT2D eigenvalue weighted by Gasteiger charge is 2.14. The Hall–Kier alpha value is -0.160. The molecule has 0 radical (unpaired) electrons. The lowest BCUT2D eigenvalue weighted by atomic mass is 10.1. The van der Waals surface area contributed by atoms with Crippen LogP contribution in [0.25, 0.3) is 0 Å². The van der Waals surface area contributed by atoms with Gasteiger partial charge in [0.15, 0.2) is 0 Å². The van der Waals surface area contributed by atoms with Crippen LogP contribution in [0.5, 0.6) is 0 Å². The Bertz CT molecular complexity index is 301. The highest BCUT2D eigenvalue weighted by Crippen LogP contribution is 2.11. The van der Waals surface area contributed by atoms with Gasteiger partial charge in [0.25, 0.3) is 0 Å². The summed E-state index contributed by atoms with van der Waals surface area (Å²) in [6.45, 7) is 21.7. The van der Waals surface area contributed by atoms with Gasteiger partial charge in [-0.25, -0.2) is 0 Å². The average molecular weight is 387 g/mol. The molecule has 0 aromatic rings. The molecule has 0 amide bonds. The van der Waals surface area contributed by atoms with Crippen LogP contribution >= 0.6 is 0 Å². The van der Waals surface area contributed by atoms with Crippen molar-refractivity contribution < 1.29 is 9.47 Å². The highest BCUT2D eigenvalue weighted by atomic mass is 16.5. The fourth-order valence-corrected chi connectivity index (χ4v) is 3.33. The van der Waals surface area contributed by atoms with Crippen molar-refractivity contribution >= 4 is 0 Å². The average Bonchev–Trinajstić information content (AvgIpc) is 2.55. The van der Waals surface area contributed by atoms with Crippen LogP contribution in [0.3, 0.4) is 0 Å². The normalized spacial score (nSPS) is 19.8. The summed E-state index contributed by atoms with van der Waals surface area (Å²) in [7, 11) is 0. The third-order valence-corrected chi connectivity index (χ3v) is 4.78. The lowest BCUT2D eigenvalue weighted by Gasteiger charge is -2.28. The first-order valence-electron chi connectivity index (χ1n) is 10.9. The fourth-order valence-electron chi connectivity index (χ4n) is 3.33. The molecule has 0 aromatic carbocycles. The van der Waals surface area contributed by atoms with Crippen LogP contribution in [0.2, 0.25) is 0 Å². The number of likely N-dealkylation sites (tertiary alicyclic amines) is 2. The van der Waals surface area contributed by atoms with E-state index in [1.165, 1.54) is 64.7 Å². The van der Waals surface area contributed by atoms with E-state index in [0.717, 1.165) is 26.3 Å². The molecule has 2 fully saturated rings. The van der Waals surface area contributed by atoms with Crippen molar-refractivity contribution in [3.63, 3.8) is 0 Å². The molecule has 2 aliphatic rings. The summed E-state index contributed by atoms with van der Waals surface area (Å²) in [5.74, 6) is 0. The van der Waals surface area contributed by atoms with Gasteiger partial charge >= 0.3 is 0 Å². The first-order valence-corrected chi connectivity index (χ1v) is 10.9. The molecule has 0 aromatic heterocycles. The molecule has 2 saturated heterocycles. The third-order valence-electron chi connectivity index (χ3n) is 4.78. The lowest BCUT2D eigenvalue weighted by Crippen LogP contribution is -2.34. The van der Waals surface area contributed by atoms with E-state index in [1.54, 1.807) is 0 Å². The Morgan fingerprint density at radius 2 is 0.852 bits per heavy atom. The largest absolute Gasteiger partial charge is 0.375 e. The van der Waals surface area contributed by atoms with Gasteiger partial charge in [-0.15, -0.1) is 0 Å². The van der Waals surface area contributed by atoms with Gasteiger partial charge in [-0.05, 0) is 93.4 Å². The van der Waals surface area contributed by atoms with Gasteiger partial charge in [0, 0.05) is 13.1 Å². The van der Waals surface area contributed by atoms with Crippen LogP contribution < -0.4 is 0 Å². The predicted octanol–water partition coefficient (Wildman–Crippen LogP) is 5.21. The van der Waals surface area contributed by atoms with Crippen molar-refractivity contribution in [2.75, 3.05) is 52.5 Å². The predicted molar refractivity (Wildman–Crippen MR) is 119 cm³/mol. The van der Waals surface area contributed by atoms with E-state index in [-0.39, 0.29) is 18.6 Å². The van der Waals surface area contributed by atoms with Crippen LogP contribution in [-0.2, 0) is 9.47 Å². The smallest absolute Gasteiger partial charge is 0.0600 e. The van der Waals surface area contributed by atoms with Crippen molar-refractivity contribution in [1.29, 1.82) is 0 Å². The summed E-state index contributed by atoms with van der Waals surface area (Å²) >= 11 is 0. The van der Waals surface area contributed by atoms with Gasteiger partial charge in [0.05, 0.1) is 24.4 Å². The Balaban J connectivity index is 0.000000483. The number of rotatable bonds is 6. The second-order valence-electron chi connectivity index (χ2n) is 9.73. The van der Waals surface area contributed by atoms with Gasteiger partial charge in [0.1, 0.15) is 0 Å². The molecule has 0 atom stereocenters. The molecule has 164 valence electrons. The van der Waals surface area contributed by atoms with Crippen molar-refractivity contribution in [2.45, 2.75) is 98.7 Å². The van der Waals surface area contributed by atoms with Crippen molar-refractivity contribution in [2.24, 2.45) is 0 Å². The summed E-state index contributed by atoms with van der Waals surface area (Å²) in [6.07, 6.45) is 8.31. The molecule has 2 aliphatic heterocycles. The number of nitrogens with zero attached hydrogens (tertiary/aromatic N) is 2. The summed E-state index contributed by atoms with van der Waals surface area (Å²) in [4.78, 5) is 5.02. The standard InChI is InChI=1S/2C11H23NO.CH4/c2*1-11(2,3)13-10-9-12-7-5-4-6-8-12;/h2*4-10H2,1-3H3;1H4. The maximum Gasteiger partial charge on any atom is 0.0600 e. The first kappa shape index (κ1) is 26.8. The molecule has 0 spiro atoms. The van der Waals surface area contributed by atoms with Crippen LogP contribution in [-0.4, -0.2) is 73.5 Å². The Kier molecular flexibility index (Phi) is 13.8. The molecule has 4 nitrogen and oxygen atoms in total. The minimum absolute atomic E-state index is 0. The van der Waals surface area contributed by atoms with Crippen LogP contribution in [0, 0.1) is 0 Å². The van der Waals surface area contributed by atoms with E-state index in [9.17, 15) is 0 Å². The van der Waals surface area contributed by atoms with Gasteiger partial charge in [0.2, 0.25) is 0 Å². The maximum absolute atomic E-state index is 5.69. The fraction of sp³-hybridized carbons (Fsp3) is 1.00. The second-order valence-corrected chi connectivity index (χ2v) is 9.73. The van der Waals surface area contributed by atoms with E-state index in [4.69, 9.17) is 9.47 Å². The van der Waals surface area contributed by atoms with Crippen molar-refractivity contribution in [3.8, 4) is 0 Å². The third kappa shape index (κ3) is 16.5. The second kappa shape index (κ2) is 13.9. The molecular formula is C23H50N2O2. The van der Waals surface area contributed by atoms with E-state index in [1.807, 2.05) is 0 Å². The van der Waals surface area contributed by atoms with Crippen molar-refractivity contribution in [1.82, 2.24) is 9.80 Å². The number of piperidine rings is 2. The Morgan fingerprint density at radius 3 is 1.11 bits per heavy atom. The van der Waals surface area contributed by atoms with Crippen molar-refractivity contribution in [3.05, 3.63) is 0 Å². The molecule has 2 heterocycles. The van der Waals surface area contributed by atoms with Crippen LogP contribution in [0.15, 0.2) is 0 Å². The SMILES string of the molecule is C.CC(C)(C)OCCN1CCCCC1.CC(C)(C)OCCN1CCCCC1. The summed E-state index contributed by atoms with van der Waals surface area (Å²) < 4.78 is 11.4. The molecule has 27 heavy (non-hydrogen) atoms. The molecule has 0 aliphatic carbocycles. The molecular weight excluding hydrogens is 336 g/mol. The molecule has 0 N–H and O–H groups in total. The monoisotopic (exact) mass is 386 g/mol. The van der Waals surface area contributed by atoms with Gasteiger partial charge in [-0.3, -0.25) is 0 Å². The van der Waals surface area contributed by atoms with Gasteiger partial charge < -0.3 is 19.3 Å². The summed E-state index contributed by atoms with van der Waals surface area (Å²) in [5, 5.41) is 0. The minimum Gasteiger partial charge on any atom is -0.375 e. The Labute approximate surface area is 171 Å². The Morgan fingerprint density at radius 1 is 0.556 bits per heavy atom. The quantitative estimate of drug-likeness (QED) is 0.625. The van der Waals surface area contributed by atoms with E-state index < -0.39 is 0 Å². The molecule has 0 bridgehead atoms. The summed E-state index contributed by atoms with van der Waals surface area (Å²) in [5.41, 5.74) is 0.0472. The van der Waals surface area contributed by atoms with Gasteiger partial charge in [-0.1, -0.05) is 20.3 Å². The van der Waals surface area contributed by atoms with Crippen LogP contribution in [0.1, 0.15) is 87.5 Å². The highest BCUT2D eigenvalue weighted by molar-refractivity contribution is 4.66.